The van der Waals surface area contributed by atoms with E-state index in [4.69, 9.17) is 16.7 Å². The number of rotatable bonds is 2. The van der Waals surface area contributed by atoms with E-state index in [1.165, 1.54) is 0 Å². The van der Waals surface area contributed by atoms with Crippen LogP contribution in [0.15, 0.2) is 0 Å². The number of carbonyl (C=O) groups excluding carboxylic acids is 1. The van der Waals surface area contributed by atoms with Gasteiger partial charge >= 0.3 is 5.97 Å². The first-order valence-corrected chi connectivity index (χ1v) is 6.60. The van der Waals surface area contributed by atoms with Crippen LogP contribution in [0.4, 0.5) is 0 Å². The van der Waals surface area contributed by atoms with Crippen LogP contribution in [0.5, 0.6) is 0 Å². The smallest absolute Gasteiger partial charge is 0.308 e. The minimum atomic E-state index is -0.757. The lowest BCUT2D eigenvalue weighted by molar-refractivity contribution is -0.145. The van der Waals surface area contributed by atoms with E-state index in [9.17, 15) is 9.59 Å². The summed E-state index contributed by atoms with van der Waals surface area (Å²) < 4.78 is 0. The van der Waals surface area contributed by atoms with Crippen LogP contribution in [0.1, 0.15) is 33.6 Å². The molecule has 18 heavy (non-hydrogen) atoms. The summed E-state index contributed by atoms with van der Waals surface area (Å²) in [6.07, 6.45) is 2.03. The average molecular weight is 279 g/mol. The van der Waals surface area contributed by atoms with Crippen molar-refractivity contribution in [3.63, 3.8) is 0 Å². The highest BCUT2D eigenvalue weighted by atomic mass is 35.5. The lowest BCUT2D eigenvalue weighted by Crippen LogP contribution is -2.43. The summed E-state index contributed by atoms with van der Waals surface area (Å²) >= 11 is 5.34. The number of amides is 1. The molecule has 1 aliphatic rings. The molecule has 0 bridgehead atoms. The van der Waals surface area contributed by atoms with E-state index in [0.717, 1.165) is 25.9 Å². The second kappa shape index (κ2) is 8.32. The molecule has 0 aliphatic carbocycles. The normalized spacial score (nSPS) is 16.4. The zero-order valence-electron chi connectivity index (χ0n) is 11.3. The SMILES string of the molecule is CC(C)(C)C(=O)O.O=C(CCl)NC1CCNCC1. The van der Waals surface area contributed by atoms with E-state index < -0.39 is 11.4 Å². The van der Waals surface area contributed by atoms with Gasteiger partial charge in [0, 0.05) is 6.04 Å². The number of alkyl halides is 1. The molecule has 1 rings (SSSR count). The topological polar surface area (TPSA) is 78.4 Å². The lowest BCUT2D eigenvalue weighted by Gasteiger charge is -2.23. The van der Waals surface area contributed by atoms with Gasteiger partial charge in [0.15, 0.2) is 0 Å². The maximum absolute atomic E-state index is 10.8. The Morgan fingerprint density at radius 3 is 2.11 bits per heavy atom. The Hall–Kier alpha value is -0.810. The first-order chi connectivity index (χ1) is 8.27. The third kappa shape index (κ3) is 8.31. The van der Waals surface area contributed by atoms with Crippen LogP contribution < -0.4 is 10.6 Å². The summed E-state index contributed by atoms with van der Waals surface area (Å²) in [6.45, 7) is 6.97. The maximum atomic E-state index is 10.8. The summed E-state index contributed by atoms with van der Waals surface area (Å²) in [5, 5.41) is 14.3. The van der Waals surface area contributed by atoms with Gasteiger partial charge in [-0.05, 0) is 46.7 Å². The number of carboxylic acids is 1. The number of piperidine rings is 1. The molecule has 0 unspecified atom stereocenters. The number of halogens is 1. The number of carboxylic acid groups (broad SMARTS) is 1. The second-order valence-corrected chi connectivity index (χ2v) is 5.55. The van der Waals surface area contributed by atoms with E-state index in [0.29, 0.717) is 6.04 Å². The zero-order valence-corrected chi connectivity index (χ0v) is 12.0. The van der Waals surface area contributed by atoms with Gasteiger partial charge in [0.05, 0.1) is 5.41 Å². The molecular formula is C12H23ClN2O3. The van der Waals surface area contributed by atoms with Crippen LogP contribution in [-0.2, 0) is 9.59 Å². The minimum absolute atomic E-state index is 0.0569. The van der Waals surface area contributed by atoms with Crippen molar-refractivity contribution in [3.05, 3.63) is 0 Å². The summed E-state index contributed by atoms with van der Waals surface area (Å²) in [7, 11) is 0. The first kappa shape index (κ1) is 17.2. The number of nitrogens with one attached hydrogen (secondary N) is 2. The van der Waals surface area contributed by atoms with Crippen LogP contribution in [0.2, 0.25) is 0 Å². The van der Waals surface area contributed by atoms with Crippen molar-refractivity contribution >= 4 is 23.5 Å². The van der Waals surface area contributed by atoms with E-state index in [1.54, 1.807) is 20.8 Å². The summed E-state index contributed by atoms with van der Waals surface area (Å²) in [4.78, 5) is 20.8. The molecular weight excluding hydrogens is 256 g/mol. The molecule has 5 nitrogen and oxygen atoms in total. The number of carbonyl (C=O) groups is 2. The van der Waals surface area contributed by atoms with E-state index in [-0.39, 0.29) is 11.8 Å². The van der Waals surface area contributed by atoms with Crippen molar-refractivity contribution in [2.24, 2.45) is 5.41 Å². The third-order valence-corrected chi connectivity index (χ3v) is 2.71. The molecule has 1 amide bonds. The van der Waals surface area contributed by atoms with Crippen LogP contribution in [0.25, 0.3) is 0 Å². The van der Waals surface area contributed by atoms with Crippen molar-refractivity contribution < 1.29 is 14.7 Å². The maximum Gasteiger partial charge on any atom is 0.308 e. The van der Waals surface area contributed by atoms with Crippen molar-refractivity contribution in [2.45, 2.75) is 39.7 Å². The minimum Gasteiger partial charge on any atom is -0.481 e. The molecule has 6 heteroatoms. The molecule has 3 N–H and O–H groups in total. The Morgan fingerprint density at radius 2 is 1.78 bits per heavy atom. The van der Waals surface area contributed by atoms with Gasteiger partial charge in [0.1, 0.15) is 5.88 Å². The van der Waals surface area contributed by atoms with Crippen LogP contribution in [-0.4, -0.2) is 42.0 Å². The van der Waals surface area contributed by atoms with E-state index >= 15 is 0 Å². The number of hydrogen-bond acceptors (Lipinski definition) is 3. The molecule has 106 valence electrons. The molecule has 0 radical (unpaired) electrons. The largest absolute Gasteiger partial charge is 0.481 e. The van der Waals surface area contributed by atoms with Gasteiger partial charge in [0.2, 0.25) is 5.91 Å². The molecule has 0 spiro atoms. The average Bonchev–Trinajstić information content (AvgIpc) is 2.29. The first-order valence-electron chi connectivity index (χ1n) is 6.06. The summed E-state index contributed by atoms with van der Waals surface area (Å²) in [5.41, 5.74) is -0.583. The summed E-state index contributed by atoms with van der Waals surface area (Å²) in [5.74, 6) is -0.740. The van der Waals surface area contributed by atoms with Gasteiger partial charge in [0.25, 0.3) is 0 Å². The van der Waals surface area contributed by atoms with Crippen LogP contribution in [0, 0.1) is 5.41 Å². The molecule has 1 fully saturated rings. The fourth-order valence-electron chi connectivity index (χ4n) is 1.23. The molecule has 1 saturated heterocycles. The van der Waals surface area contributed by atoms with Gasteiger partial charge in [-0.1, -0.05) is 0 Å². The van der Waals surface area contributed by atoms with Gasteiger partial charge in [-0.15, -0.1) is 11.6 Å². The van der Waals surface area contributed by atoms with Crippen molar-refractivity contribution in [2.75, 3.05) is 19.0 Å². The van der Waals surface area contributed by atoms with E-state index in [2.05, 4.69) is 10.6 Å². The fraction of sp³-hybridized carbons (Fsp3) is 0.833. The highest BCUT2D eigenvalue weighted by molar-refractivity contribution is 6.27. The Bertz CT molecular complexity index is 271. The third-order valence-electron chi connectivity index (χ3n) is 2.47. The highest BCUT2D eigenvalue weighted by Gasteiger charge is 2.18. The van der Waals surface area contributed by atoms with Gasteiger partial charge in [-0.2, -0.15) is 0 Å². The predicted molar refractivity (Wildman–Crippen MR) is 71.8 cm³/mol. The Morgan fingerprint density at radius 1 is 1.33 bits per heavy atom. The Balaban J connectivity index is 0.000000360. The fourth-order valence-corrected chi connectivity index (χ4v) is 1.31. The molecule has 1 aliphatic heterocycles. The molecule has 1 heterocycles. The monoisotopic (exact) mass is 278 g/mol. The van der Waals surface area contributed by atoms with Gasteiger partial charge < -0.3 is 15.7 Å². The molecule has 0 aromatic heterocycles. The Kier molecular flexibility index (Phi) is 7.95. The molecule has 0 aromatic rings. The van der Waals surface area contributed by atoms with Crippen molar-refractivity contribution in [1.29, 1.82) is 0 Å². The number of aliphatic carboxylic acids is 1. The van der Waals surface area contributed by atoms with Crippen molar-refractivity contribution in [1.82, 2.24) is 10.6 Å². The van der Waals surface area contributed by atoms with Gasteiger partial charge in [-0.3, -0.25) is 9.59 Å². The zero-order chi connectivity index (χ0) is 14.2. The molecule has 0 saturated carbocycles. The predicted octanol–water partition coefficient (Wildman–Crippen LogP) is 1.21. The van der Waals surface area contributed by atoms with Crippen LogP contribution in [0.3, 0.4) is 0 Å². The van der Waals surface area contributed by atoms with Crippen molar-refractivity contribution in [3.8, 4) is 0 Å². The molecule has 0 atom stereocenters. The van der Waals surface area contributed by atoms with Crippen LogP contribution >= 0.6 is 11.6 Å². The quantitative estimate of drug-likeness (QED) is 0.664. The number of hydrogen-bond donors (Lipinski definition) is 3. The summed E-state index contributed by atoms with van der Waals surface area (Å²) in [6, 6.07) is 0.336. The highest BCUT2D eigenvalue weighted by Crippen LogP contribution is 2.11. The Labute approximate surface area is 113 Å². The molecule has 0 aromatic carbocycles. The second-order valence-electron chi connectivity index (χ2n) is 5.28. The van der Waals surface area contributed by atoms with Gasteiger partial charge in [-0.25, -0.2) is 0 Å². The van der Waals surface area contributed by atoms with E-state index in [1.807, 2.05) is 0 Å². The lowest BCUT2D eigenvalue weighted by atomic mass is 9.98. The standard InChI is InChI=1S/C7H13ClN2O.C5H10O2/c8-5-7(11)10-6-1-3-9-4-2-6;1-5(2,3)4(6)7/h6,9H,1-5H2,(H,10,11);1-3H3,(H,6,7).